The molecule has 1 aromatic heterocycles. The van der Waals surface area contributed by atoms with Crippen LogP contribution in [0.15, 0.2) is 45.7 Å². The van der Waals surface area contributed by atoms with Gasteiger partial charge in [-0.2, -0.15) is 0 Å². The molecular formula is C22H25FN2O6S2. The van der Waals surface area contributed by atoms with Gasteiger partial charge in [0.15, 0.2) is 15.4 Å². The summed E-state index contributed by atoms with van der Waals surface area (Å²) in [6.45, 7) is 0.679. The minimum atomic E-state index is -3.53. The fourth-order valence-corrected chi connectivity index (χ4v) is 6.21. The molecule has 0 radical (unpaired) electrons. The number of aliphatic hydroxyl groups excluding tert-OH is 1. The van der Waals surface area contributed by atoms with Crippen molar-refractivity contribution >= 4 is 31.0 Å². The molecule has 1 fully saturated rings. The van der Waals surface area contributed by atoms with Crippen LogP contribution in [0.2, 0.25) is 0 Å². The molecule has 1 saturated heterocycles. The molecule has 2 heterocycles. The van der Waals surface area contributed by atoms with Crippen molar-refractivity contribution in [2.24, 2.45) is 0 Å². The van der Waals surface area contributed by atoms with Crippen molar-refractivity contribution in [3.05, 3.63) is 47.8 Å². The average molecular weight is 497 g/mol. The molecule has 0 atom stereocenters. The zero-order valence-corrected chi connectivity index (χ0v) is 19.7. The van der Waals surface area contributed by atoms with Gasteiger partial charge in [-0.1, -0.05) is 6.07 Å². The van der Waals surface area contributed by atoms with Gasteiger partial charge in [0.25, 0.3) is 0 Å². The summed E-state index contributed by atoms with van der Waals surface area (Å²) in [5, 5.41) is 8.90. The van der Waals surface area contributed by atoms with Crippen LogP contribution in [-0.2, 0) is 19.9 Å². The van der Waals surface area contributed by atoms with Crippen LogP contribution in [0.25, 0.3) is 22.6 Å². The number of fused-ring (bicyclic) bond motifs is 1. The van der Waals surface area contributed by atoms with E-state index in [9.17, 15) is 21.2 Å². The van der Waals surface area contributed by atoms with Gasteiger partial charge in [-0.25, -0.2) is 30.5 Å². The average Bonchev–Trinajstić information content (AvgIpc) is 3.20. The SMILES string of the molecule is CS(=O)(=O)c1ccc(-c2nc3cc(C4CCN(S(=O)(=O)CCCO)CC4)ccc3o2)c(F)c1. The van der Waals surface area contributed by atoms with Gasteiger partial charge in [0.1, 0.15) is 11.3 Å². The molecular weight excluding hydrogens is 471 g/mol. The number of sulfone groups is 1. The summed E-state index contributed by atoms with van der Waals surface area (Å²) in [5.74, 6) is -0.572. The molecule has 1 aliphatic heterocycles. The molecule has 178 valence electrons. The Morgan fingerprint density at radius 1 is 1.12 bits per heavy atom. The maximum atomic E-state index is 14.5. The first-order chi connectivity index (χ1) is 15.6. The molecule has 0 saturated carbocycles. The smallest absolute Gasteiger partial charge is 0.230 e. The van der Waals surface area contributed by atoms with Crippen molar-refractivity contribution in [1.29, 1.82) is 0 Å². The largest absolute Gasteiger partial charge is 0.436 e. The molecule has 0 unspecified atom stereocenters. The minimum Gasteiger partial charge on any atom is -0.436 e. The van der Waals surface area contributed by atoms with Gasteiger partial charge in [-0.3, -0.25) is 0 Å². The van der Waals surface area contributed by atoms with Crippen molar-refractivity contribution in [2.45, 2.75) is 30.1 Å². The van der Waals surface area contributed by atoms with Crippen molar-refractivity contribution < 1.29 is 30.7 Å². The molecule has 2 aromatic carbocycles. The number of benzene rings is 2. The lowest BCUT2D eigenvalue weighted by Crippen LogP contribution is -2.39. The fraction of sp³-hybridized carbons (Fsp3) is 0.409. The van der Waals surface area contributed by atoms with Crippen molar-refractivity contribution in [3.8, 4) is 11.5 Å². The first-order valence-corrected chi connectivity index (χ1v) is 14.1. The Morgan fingerprint density at radius 3 is 2.48 bits per heavy atom. The second kappa shape index (κ2) is 9.13. The maximum absolute atomic E-state index is 14.5. The zero-order chi connectivity index (χ0) is 23.8. The number of aliphatic hydroxyl groups is 1. The Hall–Kier alpha value is -2.34. The lowest BCUT2D eigenvalue weighted by Gasteiger charge is -2.31. The van der Waals surface area contributed by atoms with Crippen LogP contribution in [0.5, 0.6) is 0 Å². The van der Waals surface area contributed by atoms with Gasteiger partial charge in [-0.15, -0.1) is 0 Å². The van der Waals surface area contributed by atoms with Crippen LogP contribution in [0.1, 0.15) is 30.7 Å². The van der Waals surface area contributed by atoms with E-state index in [2.05, 4.69) is 4.98 Å². The summed E-state index contributed by atoms with van der Waals surface area (Å²) in [5.41, 5.74) is 2.10. The highest BCUT2D eigenvalue weighted by Crippen LogP contribution is 2.33. The van der Waals surface area contributed by atoms with Crippen LogP contribution in [0, 0.1) is 5.82 Å². The van der Waals surface area contributed by atoms with Crippen molar-refractivity contribution in [1.82, 2.24) is 9.29 Å². The van der Waals surface area contributed by atoms with Gasteiger partial charge in [-0.05, 0) is 61.1 Å². The summed E-state index contributed by atoms with van der Waals surface area (Å²) in [7, 11) is -6.89. The predicted molar refractivity (Wildman–Crippen MR) is 122 cm³/mol. The number of piperidine rings is 1. The Bertz CT molecular complexity index is 1380. The normalized spacial score (nSPS) is 16.5. The van der Waals surface area contributed by atoms with Gasteiger partial charge in [0.2, 0.25) is 15.9 Å². The lowest BCUT2D eigenvalue weighted by molar-refractivity contribution is 0.290. The van der Waals surface area contributed by atoms with Crippen LogP contribution in [0.3, 0.4) is 0 Å². The molecule has 33 heavy (non-hydrogen) atoms. The van der Waals surface area contributed by atoms with Gasteiger partial charge in [0, 0.05) is 26.0 Å². The van der Waals surface area contributed by atoms with Crippen molar-refractivity contribution in [3.63, 3.8) is 0 Å². The molecule has 1 aliphatic rings. The maximum Gasteiger partial charge on any atom is 0.230 e. The second-order valence-electron chi connectivity index (χ2n) is 8.23. The molecule has 0 amide bonds. The lowest BCUT2D eigenvalue weighted by atomic mass is 9.90. The van der Waals surface area contributed by atoms with Crippen LogP contribution >= 0.6 is 0 Å². The topological polar surface area (TPSA) is 118 Å². The number of aromatic nitrogens is 1. The molecule has 11 heteroatoms. The van der Waals surface area contributed by atoms with Gasteiger partial charge < -0.3 is 9.52 Å². The summed E-state index contributed by atoms with van der Waals surface area (Å²) in [6, 6.07) is 9.13. The number of sulfonamides is 1. The number of halogens is 1. The molecule has 1 N–H and O–H groups in total. The van der Waals surface area contributed by atoms with E-state index in [0.717, 1.165) is 17.9 Å². The van der Waals surface area contributed by atoms with Crippen LogP contribution in [-0.4, -0.2) is 62.9 Å². The van der Waals surface area contributed by atoms with E-state index in [1.54, 1.807) is 6.07 Å². The van der Waals surface area contributed by atoms with E-state index < -0.39 is 25.7 Å². The highest BCUT2D eigenvalue weighted by Gasteiger charge is 2.28. The Labute approximate surface area is 192 Å². The first kappa shape index (κ1) is 23.8. The minimum absolute atomic E-state index is 0.0520. The van der Waals surface area contributed by atoms with E-state index in [1.165, 1.54) is 16.4 Å². The van der Waals surface area contributed by atoms with E-state index in [4.69, 9.17) is 9.52 Å². The summed E-state index contributed by atoms with van der Waals surface area (Å²) in [6.07, 6.45) is 2.56. The second-order valence-corrected chi connectivity index (χ2v) is 12.3. The summed E-state index contributed by atoms with van der Waals surface area (Å²) in [4.78, 5) is 4.27. The fourth-order valence-electron chi connectivity index (χ4n) is 4.06. The predicted octanol–water partition coefficient (Wildman–Crippen LogP) is 2.93. The first-order valence-electron chi connectivity index (χ1n) is 10.6. The zero-order valence-electron chi connectivity index (χ0n) is 18.1. The monoisotopic (exact) mass is 496 g/mol. The highest BCUT2D eigenvalue weighted by atomic mass is 32.2. The molecule has 0 spiro atoms. The number of nitrogens with zero attached hydrogens (tertiary/aromatic N) is 2. The molecule has 3 aromatic rings. The van der Waals surface area contributed by atoms with Crippen LogP contribution in [0.4, 0.5) is 4.39 Å². The number of hydrogen-bond acceptors (Lipinski definition) is 7. The Morgan fingerprint density at radius 2 is 1.85 bits per heavy atom. The molecule has 0 aliphatic carbocycles. The summed E-state index contributed by atoms with van der Waals surface area (Å²) < 4.78 is 69.6. The van der Waals surface area contributed by atoms with E-state index >= 15 is 0 Å². The third kappa shape index (κ3) is 5.11. The van der Waals surface area contributed by atoms with Crippen LogP contribution < -0.4 is 0 Å². The summed E-state index contributed by atoms with van der Waals surface area (Å²) >= 11 is 0. The Kier molecular flexibility index (Phi) is 6.59. The molecule has 4 rings (SSSR count). The number of oxazole rings is 1. The van der Waals surface area contributed by atoms with E-state index in [1.807, 2.05) is 12.1 Å². The third-order valence-electron chi connectivity index (χ3n) is 5.89. The van der Waals surface area contributed by atoms with Crippen molar-refractivity contribution in [2.75, 3.05) is 31.7 Å². The number of rotatable bonds is 7. The third-order valence-corrected chi connectivity index (χ3v) is 8.96. The standard InChI is InChI=1S/C22H25FN2O6S2/c1-32(27,28)17-4-5-18(19(23)14-17)22-24-20-13-16(3-6-21(20)31-22)15-7-9-25(10-8-15)33(29,30)12-2-11-26/h3-6,13-15,26H,2,7-12H2,1H3. The van der Waals surface area contributed by atoms with Gasteiger partial charge >= 0.3 is 0 Å². The number of hydrogen-bond donors (Lipinski definition) is 1. The van der Waals surface area contributed by atoms with E-state index in [0.29, 0.717) is 37.0 Å². The van der Waals surface area contributed by atoms with E-state index in [-0.39, 0.29) is 41.0 Å². The highest BCUT2D eigenvalue weighted by molar-refractivity contribution is 7.90. The quantitative estimate of drug-likeness (QED) is 0.534. The van der Waals surface area contributed by atoms with Gasteiger partial charge in [0.05, 0.1) is 16.2 Å². The molecule has 0 bridgehead atoms. The molecule has 8 nitrogen and oxygen atoms in total. The Balaban J connectivity index is 1.53.